The molecule has 1 aliphatic heterocycles. The van der Waals surface area contributed by atoms with Crippen LogP contribution in [0.25, 0.3) is 0 Å². The Kier molecular flexibility index (Phi) is 6.58. The van der Waals surface area contributed by atoms with Gasteiger partial charge in [-0.3, -0.25) is 4.99 Å². The van der Waals surface area contributed by atoms with E-state index in [-0.39, 0.29) is 6.10 Å². The zero-order chi connectivity index (χ0) is 15.9. The molecule has 1 N–H and O–H groups in total. The minimum atomic E-state index is 0.117. The van der Waals surface area contributed by atoms with Gasteiger partial charge in [-0.15, -0.1) is 0 Å². The predicted octanol–water partition coefficient (Wildman–Crippen LogP) is 2.70. The average Bonchev–Trinajstić information content (AvgIpc) is 2.56. The first-order valence-electron chi connectivity index (χ1n) is 7.81. The Labute approximate surface area is 138 Å². The Morgan fingerprint density at radius 1 is 1.50 bits per heavy atom. The highest BCUT2D eigenvalue weighted by Crippen LogP contribution is 2.24. The van der Waals surface area contributed by atoms with Crippen LogP contribution in [0.5, 0.6) is 0 Å². The lowest BCUT2D eigenvalue weighted by molar-refractivity contribution is -0.00829. The number of ether oxygens (including phenoxy) is 1. The van der Waals surface area contributed by atoms with Crippen LogP contribution in [0.3, 0.4) is 0 Å². The summed E-state index contributed by atoms with van der Waals surface area (Å²) in [5.41, 5.74) is 2.56. The first kappa shape index (κ1) is 17.2. The fourth-order valence-corrected chi connectivity index (χ4v) is 2.88. The van der Waals surface area contributed by atoms with Gasteiger partial charge in [0.25, 0.3) is 0 Å². The van der Waals surface area contributed by atoms with Crippen molar-refractivity contribution in [2.24, 2.45) is 4.99 Å². The Morgan fingerprint density at radius 3 is 2.95 bits per heavy atom. The summed E-state index contributed by atoms with van der Waals surface area (Å²) >= 11 is 1.86. The number of nitrogens with one attached hydrogen (secondary N) is 1. The van der Waals surface area contributed by atoms with Gasteiger partial charge in [0.05, 0.1) is 13.2 Å². The van der Waals surface area contributed by atoms with Crippen LogP contribution in [0.2, 0.25) is 0 Å². The molecule has 122 valence electrons. The van der Waals surface area contributed by atoms with Crippen molar-refractivity contribution in [3.63, 3.8) is 0 Å². The topological polar surface area (TPSA) is 36.9 Å². The molecular formula is C17H27N3OS. The van der Waals surface area contributed by atoms with Gasteiger partial charge < -0.3 is 15.0 Å². The summed E-state index contributed by atoms with van der Waals surface area (Å²) in [5.74, 6) is 0.975. The minimum absolute atomic E-state index is 0.117. The zero-order valence-corrected chi connectivity index (χ0v) is 14.8. The molecule has 4 nitrogen and oxygen atoms in total. The van der Waals surface area contributed by atoms with Crippen LogP contribution in [0.4, 0.5) is 0 Å². The van der Waals surface area contributed by atoms with Gasteiger partial charge in [0.2, 0.25) is 0 Å². The highest BCUT2D eigenvalue weighted by atomic mass is 32.2. The van der Waals surface area contributed by atoms with Crippen molar-refractivity contribution >= 4 is 17.7 Å². The second-order valence-electron chi connectivity index (χ2n) is 5.64. The fraction of sp³-hybridized carbons (Fsp3) is 0.588. The van der Waals surface area contributed by atoms with Crippen molar-refractivity contribution in [2.45, 2.75) is 25.2 Å². The molecule has 0 amide bonds. The molecule has 1 aromatic rings. The number of aliphatic imine (C=N–C) groups is 1. The van der Waals surface area contributed by atoms with Crippen molar-refractivity contribution in [3.8, 4) is 0 Å². The van der Waals surface area contributed by atoms with Gasteiger partial charge in [-0.2, -0.15) is 11.8 Å². The maximum absolute atomic E-state index is 5.99. The molecule has 1 fully saturated rings. The molecule has 2 rings (SSSR count). The number of thioether (sulfide) groups is 1. The molecule has 0 radical (unpaired) electrons. The number of guanidine groups is 1. The summed E-state index contributed by atoms with van der Waals surface area (Å²) in [6.45, 7) is 7.76. The third-order valence-corrected chi connectivity index (χ3v) is 5.03. The molecule has 0 spiro atoms. The van der Waals surface area contributed by atoms with Crippen molar-refractivity contribution in [1.29, 1.82) is 0 Å². The van der Waals surface area contributed by atoms with Crippen LogP contribution in [0.1, 0.15) is 24.2 Å². The molecular weight excluding hydrogens is 294 g/mol. The summed E-state index contributed by atoms with van der Waals surface area (Å²) in [4.78, 5) is 6.73. The molecule has 1 saturated heterocycles. The Bertz CT molecular complexity index is 506. The lowest BCUT2D eigenvalue weighted by Gasteiger charge is -2.36. The van der Waals surface area contributed by atoms with Crippen LogP contribution in [-0.4, -0.2) is 55.7 Å². The van der Waals surface area contributed by atoms with Crippen LogP contribution in [0, 0.1) is 6.92 Å². The van der Waals surface area contributed by atoms with Gasteiger partial charge in [0.15, 0.2) is 5.96 Å². The predicted molar refractivity (Wildman–Crippen MR) is 95.8 cm³/mol. The number of hydrogen-bond acceptors (Lipinski definition) is 3. The summed E-state index contributed by atoms with van der Waals surface area (Å²) in [7, 11) is 1.85. The lowest BCUT2D eigenvalue weighted by Crippen LogP contribution is -2.49. The number of hydrogen-bond donors (Lipinski definition) is 1. The quantitative estimate of drug-likeness (QED) is 0.683. The van der Waals surface area contributed by atoms with E-state index in [1.807, 2.05) is 18.8 Å². The molecule has 5 heteroatoms. The highest BCUT2D eigenvalue weighted by Gasteiger charge is 2.25. The van der Waals surface area contributed by atoms with E-state index in [4.69, 9.17) is 4.74 Å². The maximum Gasteiger partial charge on any atom is 0.193 e. The summed E-state index contributed by atoms with van der Waals surface area (Å²) in [6.07, 6.45) is 2.25. The van der Waals surface area contributed by atoms with E-state index in [1.165, 1.54) is 11.1 Å². The monoisotopic (exact) mass is 321 g/mol. The van der Waals surface area contributed by atoms with Gasteiger partial charge in [-0.25, -0.2) is 0 Å². The number of nitrogens with zero attached hydrogens (tertiary/aromatic N) is 2. The van der Waals surface area contributed by atoms with E-state index in [1.54, 1.807) is 0 Å². The summed E-state index contributed by atoms with van der Waals surface area (Å²) in [5, 5.41) is 4.05. The molecule has 22 heavy (non-hydrogen) atoms. The van der Waals surface area contributed by atoms with Crippen LogP contribution < -0.4 is 5.32 Å². The van der Waals surface area contributed by atoms with Gasteiger partial charge in [0, 0.05) is 25.4 Å². The van der Waals surface area contributed by atoms with Gasteiger partial charge in [-0.05, 0) is 24.3 Å². The van der Waals surface area contributed by atoms with Crippen LogP contribution in [-0.2, 0) is 4.74 Å². The van der Waals surface area contributed by atoms with E-state index in [0.29, 0.717) is 5.25 Å². The molecule has 1 aromatic carbocycles. The SMILES string of the molecule is CN=C(NCC(C)SC)N1CCOC(c2ccccc2C)C1. The Hall–Kier alpha value is -1.20. The van der Waals surface area contributed by atoms with Gasteiger partial charge >= 0.3 is 0 Å². The largest absolute Gasteiger partial charge is 0.370 e. The molecule has 1 heterocycles. The van der Waals surface area contributed by atoms with Gasteiger partial charge in [0.1, 0.15) is 6.10 Å². The smallest absolute Gasteiger partial charge is 0.193 e. The average molecular weight is 321 g/mol. The second-order valence-corrected chi connectivity index (χ2v) is 6.91. The summed E-state index contributed by atoms with van der Waals surface area (Å²) < 4.78 is 5.99. The number of rotatable bonds is 4. The maximum atomic E-state index is 5.99. The first-order chi connectivity index (χ1) is 10.7. The second kappa shape index (κ2) is 8.44. The van der Waals surface area contributed by atoms with E-state index < -0.39 is 0 Å². The fourth-order valence-electron chi connectivity index (χ4n) is 2.63. The molecule has 0 aromatic heterocycles. The third kappa shape index (κ3) is 4.40. The molecule has 2 unspecified atom stereocenters. The van der Waals surface area contributed by atoms with Crippen molar-refractivity contribution in [1.82, 2.24) is 10.2 Å². The normalized spacial score (nSPS) is 20.8. The van der Waals surface area contributed by atoms with Crippen molar-refractivity contribution < 1.29 is 4.74 Å². The Morgan fingerprint density at radius 2 is 2.27 bits per heavy atom. The van der Waals surface area contributed by atoms with Gasteiger partial charge in [-0.1, -0.05) is 31.2 Å². The minimum Gasteiger partial charge on any atom is -0.370 e. The van der Waals surface area contributed by atoms with Crippen LogP contribution >= 0.6 is 11.8 Å². The highest BCUT2D eigenvalue weighted by molar-refractivity contribution is 7.99. The molecule has 2 atom stereocenters. The molecule has 0 saturated carbocycles. The number of aryl methyl sites for hydroxylation is 1. The van der Waals surface area contributed by atoms with E-state index >= 15 is 0 Å². The molecule has 0 bridgehead atoms. The zero-order valence-electron chi connectivity index (χ0n) is 14.0. The van der Waals surface area contributed by atoms with E-state index in [0.717, 1.165) is 32.2 Å². The van der Waals surface area contributed by atoms with E-state index in [9.17, 15) is 0 Å². The van der Waals surface area contributed by atoms with Crippen molar-refractivity contribution in [3.05, 3.63) is 35.4 Å². The third-order valence-electron chi connectivity index (χ3n) is 4.06. The summed E-state index contributed by atoms with van der Waals surface area (Å²) in [6, 6.07) is 8.46. The first-order valence-corrected chi connectivity index (χ1v) is 9.10. The molecule has 0 aliphatic carbocycles. The lowest BCUT2D eigenvalue weighted by atomic mass is 10.0. The van der Waals surface area contributed by atoms with Crippen molar-refractivity contribution in [2.75, 3.05) is 39.5 Å². The Balaban J connectivity index is 2.01. The number of benzene rings is 1. The standard InChI is InChI=1S/C17H27N3OS/c1-13-7-5-6-8-15(13)16-12-20(9-10-21-16)17(18-3)19-11-14(2)22-4/h5-8,14,16H,9-12H2,1-4H3,(H,18,19). The van der Waals surface area contributed by atoms with E-state index in [2.05, 4.69) is 59.6 Å². The van der Waals surface area contributed by atoms with Crippen LogP contribution in [0.15, 0.2) is 29.3 Å². The number of morpholine rings is 1. The molecule has 1 aliphatic rings.